The van der Waals surface area contributed by atoms with E-state index in [1.165, 1.54) is 6.07 Å². The van der Waals surface area contributed by atoms with Crippen molar-refractivity contribution in [3.63, 3.8) is 0 Å². The molecule has 1 aromatic heterocycles. The van der Waals surface area contributed by atoms with Crippen molar-refractivity contribution in [2.24, 2.45) is 5.10 Å². The zero-order valence-electron chi connectivity index (χ0n) is 13.1. The summed E-state index contributed by atoms with van der Waals surface area (Å²) in [7, 11) is 1.61. The summed E-state index contributed by atoms with van der Waals surface area (Å²) in [5.41, 5.74) is 4.81. The number of nitrogens with zero attached hydrogens (tertiary/aromatic N) is 2. The van der Waals surface area contributed by atoms with E-state index in [0.717, 1.165) is 16.9 Å². The number of aromatic nitrogens is 2. The van der Waals surface area contributed by atoms with Crippen LogP contribution in [0.25, 0.3) is 11.3 Å². The first-order chi connectivity index (χ1) is 11.7. The maximum absolute atomic E-state index is 11.8. The monoisotopic (exact) mass is 320 g/mol. The third-order valence-electron chi connectivity index (χ3n) is 3.29. The van der Waals surface area contributed by atoms with Gasteiger partial charge in [-0.05, 0) is 17.7 Å². The van der Waals surface area contributed by atoms with Gasteiger partial charge in [0, 0.05) is 11.6 Å². The van der Waals surface area contributed by atoms with Gasteiger partial charge in [-0.2, -0.15) is 5.10 Å². The second-order valence-electron chi connectivity index (χ2n) is 4.99. The fraction of sp³-hybridized carbons (Fsp3) is 0.0556. The summed E-state index contributed by atoms with van der Waals surface area (Å²) in [6.07, 6.45) is 1.62. The Hall–Kier alpha value is -3.41. The lowest BCUT2D eigenvalue weighted by molar-refractivity contribution is 0.415. The lowest BCUT2D eigenvalue weighted by atomic mass is 10.1. The second kappa shape index (κ2) is 7.23. The highest BCUT2D eigenvalue weighted by molar-refractivity contribution is 5.80. The van der Waals surface area contributed by atoms with Crippen LogP contribution >= 0.6 is 0 Å². The van der Waals surface area contributed by atoms with Crippen LogP contribution in [0.3, 0.4) is 0 Å². The minimum absolute atomic E-state index is 0.247. The van der Waals surface area contributed by atoms with Crippen molar-refractivity contribution < 1.29 is 4.74 Å². The zero-order chi connectivity index (χ0) is 16.8. The largest absolute Gasteiger partial charge is 0.497 e. The molecule has 6 heteroatoms. The van der Waals surface area contributed by atoms with Crippen molar-refractivity contribution in [1.29, 1.82) is 0 Å². The molecule has 0 amide bonds. The van der Waals surface area contributed by atoms with E-state index in [0.29, 0.717) is 5.69 Å². The van der Waals surface area contributed by atoms with E-state index in [-0.39, 0.29) is 11.5 Å². The van der Waals surface area contributed by atoms with Crippen LogP contribution in [0.1, 0.15) is 5.56 Å². The van der Waals surface area contributed by atoms with Gasteiger partial charge in [-0.15, -0.1) is 0 Å². The van der Waals surface area contributed by atoms with Crippen molar-refractivity contribution in [3.8, 4) is 17.0 Å². The topological polar surface area (TPSA) is 79.4 Å². The lowest BCUT2D eigenvalue weighted by Gasteiger charge is -2.04. The molecule has 2 aromatic carbocycles. The first-order valence-corrected chi connectivity index (χ1v) is 7.34. The van der Waals surface area contributed by atoms with Crippen molar-refractivity contribution >= 4 is 12.2 Å². The van der Waals surface area contributed by atoms with Gasteiger partial charge in [0.2, 0.25) is 5.95 Å². The Balaban J connectivity index is 1.79. The molecule has 0 aliphatic carbocycles. The molecular weight excluding hydrogens is 304 g/mol. The molecule has 120 valence electrons. The average Bonchev–Trinajstić information content (AvgIpc) is 2.62. The van der Waals surface area contributed by atoms with Crippen LogP contribution in [0.5, 0.6) is 5.75 Å². The van der Waals surface area contributed by atoms with Crippen LogP contribution < -0.4 is 15.7 Å². The van der Waals surface area contributed by atoms with E-state index in [4.69, 9.17) is 4.74 Å². The second-order valence-corrected chi connectivity index (χ2v) is 4.99. The maximum atomic E-state index is 11.8. The van der Waals surface area contributed by atoms with Crippen molar-refractivity contribution in [1.82, 2.24) is 9.97 Å². The molecular formula is C18H16N4O2. The van der Waals surface area contributed by atoms with Gasteiger partial charge in [-0.1, -0.05) is 42.5 Å². The summed E-state index contributed by atoms with van der Waals surface area (Å²) < 4.78 is 5.16. The third kappa shape index (κ3) is 3.86. The highest BCUT2D eigenvalue weighted by Gasteiger charge is 2.02. The van der Waals surface area contributed by atoms with Crippen molar-refractivity contribution in [2.75, 3.05) is 12.5 Å². The molecule has 24 heavy (non-hydrogen) atoms. The number of H-pyrrole nitrogens is 1. The van der Waals surface area contributed by atoms with Gasteiger partial charge in [-0.25, -0.2) is 10.4 Å². The van der Waals surface area contributed by atoms with Gasteiger partial charge in [0.05, 0.1) is 19.0 Å². The molecule has 0 saturated heterocycles. The molecule has 0 atom stereocenters. The number of hydrazone groups is 1. The molecule has 0 spiro atoms. The van der Waals surface area contributed by atoms with Crippen molar-refractivity contribution in [3.05, 3.63) is 76.6 Å². The highest BCUT2D eigenvalue weighted by Crippen LogP contribution is 2.15. The number of rotatable bonds is 5. The Morgan fingerprint density at radius 1 is 1.12 bits per heavy atom. The molecule has 0 bridgehead atoms. The number of nitrogens with one attached hydrogen (secondary N) is 2. The Labute approximate surface area is 138 Å². The smallest absolute Gasteiger partial charge is 0.252 e. The summed E-state index contributed by atoms with van der Waals surface area (Å²) in [5.74, 6) is 1.03. The summed E-state index contributed by atoms with van der Waals surface area (Å²) in [6.45, 7) is 0. The van der Waals surface area contributed by atoms with Crippen LogP contribution in [0, 0.1) is 0 Å². The molecule has 0 aliphatic heterocycles. The highest BCUT2D eigenvalue weighted by atomic mass is 16.5. The Morgan fingerprint density at radius 3 is 2.75 bits per heavy atom. The standard InChI is InChI=1S/C18H16N4O2/c1-24-15-9-5-6-13(10-15)12-19-22-18-20-16(11-17(23)21-18)14-7-3-2-4-8-14/h2-12H,1H3,(H2,20,21,22,23)/b19-12+. The quantitative estimate of drug-likeness (QED) is 0.559. The van der Waals surface area contributed by atoms with Gasteiger partial charge in [0.25, 0.3) is 5.56 Å². The molecule has 3 rings (SSSR count). The van der Waals surface area contributed by atoms with Crippen molar-refractivity contribution in [2.45, 2.75) is 0 Å². The molecule has 3 aromatic rings. The van der Waals surface area contributed by atoms with Crippen LogP contribution in [0.2, 0.25) is 0 Å². The van der Waals surface area contributed by atoms with Crippen LogP contribution in [-0.2, 0) is 0 Å². The first-order valence-electron chi connectivity index (χ1n) is 7.34. The van der Waals surface area contributed by atoms with Gasteiger partial charge in [0.1, 0.15) is 5.75 Å². The predicted molar refractivity (Wildman–Crippen MR) is 94.5 cm³/mol. The molecule has 0 saturated carbocycles. The van der Waals surface area contributed by atoms with E-state index in [9.17, 15) is 4.79 Å². The molecule has 6 nitrogen and oxygen atoms in total. The summed E-state index contributed by atoms with van der Waals surface area (Å²) in [4.78, 5) is 18.8. The third-order valence-corrected chi connectivity index (χ3v) is 3.29. The number of hydrogen-bond donors (Lipinski definition) is 2. The number of benzene rings is 2. The average molecular weight is 320 g/mol. The SMILES string of the molecule is COc1cccc(/C=N/Nc2nc(-c3ccccc3)cc(=O)[nH]2)c1. The number of methoxy groups -OCH3 is 1. The molecule has 1 heterocycles. The van der Waals surface area contributed by atoms with Gasteiger partial charge in [-0.3, -0.25) is 9.78 Å². The van der Waals surface area contributed by atoms with Gasteiger partial charge < -0.3 is 4.74 Å². The van der Waals surface area contributed by atoms with Crippen LogP contribution in [0.15, 0.2) is 70.6 Å². The van der Waals surface area contributed by atoms with E-state index >= 15 is 0 Å². The number of hydrogen-bond acceptors (Lipinski definition) is 5. The van der Waals surface area contributed by atoms with E-state index in [1.807, 2.05) is 54.6 Å². The molecule has 0 radical (unpaired) electrons. The summed E-state index contributed by atoms with van der Waals surface area (Å²) in [5, 5.41) is 4.10. The van der Waals surface area contributed by atoms with Crippen LogP contribution in [0.4, 0.5) is 5.95 Å². The van der Waals surface area contributed by atoms with E-state index in [2.05, 4.69) is 20.5 Å². The number of anilines is 1. The number of ether oxygens (including phenoxy) is 1. The fourth-order valence-electron chi connectivity index (χ4n) is 2.16. The van der Waals surface area contributed by atoms with Gasteiger partial charge in [0.15, 0.2) is 0 Å². The molecule has 2 N–H and O–H groups in total. The predicted octanol–water partition coefficient (Wildman–Crippen LogP) is 2.89. The summed E-state index contributed by atoms with van der Waals surface area (Å²) >= 11 is 0. The summed E-state index contributed by atoms with van der Waals surface area (Å²) in [6, 6.07) is 18.4. The molecule has 0 fully saturated rings. The van der Waals surface area contributed by atoms with Crippen LogP contribution in [-0.4, -0.2) is 23.3 Å². The molecule has 0 unspecified atom stereocenters. The fourth-order valence-corrected chi connectivity index (χ4v) is 2.16. The first kappa shape index (κ1) is 15.5. The van der Waals surface area contributed by atoms with E-state index in [1.54, 1.807) is 13.3 Å². The normalized spacial score (nSPS) is 10.7. The number of aromatic amines is 1. The zero-order valence-corrected chi connectivity index (χ0v) is 13.1. The Bertz CT molecular complexity index is 904. The maximum Gasteiger partial charge on any atom is 0.252 e. The minimum Gasteiger partial charge on any atom is -0.497 e. The Kier molecular flexibility index (Phi) is 4.67. The minimum atomic E-state index is -0.247. The van der Waals surface area contributed by atoms with Gasteiger partial charge >= 0.3 is 0 Å². The van der Waals surface area contributed by atoms with E-state index < -0.39 is 0 Å². The molecule has 0 aliphatic rings. The lowest BCUT2D eigenvalue weighted by Crippen LogP contribution is -2.10. The Morgan fingerprint density at radius 2 is 1.96 bits per heavy atom.